The molecule has 1 rings (SSSR count). The van der Waals surface area contributed by atoms with Crippen LogP contribution in [0.25, 0.3) is 0 Å². The van der Waals surface area contributed by atoms with Crippen molar-refractivity contribution in [2.45, 2.75) is 63.7 Å². The molecule has 0 aromatic carbocycles. The van der Waals surface area contributed by atoms with Crippen molar-refractivity contribution < 1.29 is 34.2 Å². The van der Waals surface area contributed by atoms with E-state index in [4.69, 9.17) is 10.8 Å². The van der Waals surface area contributed by atoms with E-state index in [1.165, 1.54) is 4.90 Å². The van der Waals surface area contributed by atoms with E-state index in [1.54, 1.807) is 0 Å². The second-order valence-electron chi connectivity index (χ2n) is 7.67. The first-order chi connectivity index (χ1) is 14.0. The maximum absolute atomic E-state index is 12.9. The summed E-state index contributed by atoms with van der Waals surface area (Å²) in [6.07, 6.45) is 0.549. The third kappa shape index (κ3) is 7.48. The second kappa shape index (κ2) is 11.7. The molecule has 1 saturated heterocycles. The van der Waals surface area contributed by atoms with E-state index < -0.39 is 60.2 Å². The Hall–Kier alpha value is -2.34. The number of carboxylic acid groups (broad SMARTS) is 2. The first-order valence-corrected chi connectivity index (χ1v) is 10.3. The second-order valence-corrected chi connectivity index (χ2v) is 8.03. The summed E-state index contributed by atoms with van der Waals surface area (Å²) in [5, 5.41) is 22.9. The number of nitrogens with two attached hydrogens (primary N) is 1. The van der Waals surface area contributed by atoms with Crippen LogP contribution in [0.2, 0.25) is 0 Å². The summed E-state index contributed by atoms with van der Waals surface area (Å²) >= 11 is 4.06. The van der Waals surface area contributed by atoms with Gasteiger partial charge in [-0.05, 0) is 25.2 Å². The van der Waals surface area contributed by atoms with Crippen LogP contribution in [0.5, 0.6) is 0 Å². The first kappa shape index (κ1) is 25.7. The normalized spacial score (nSPS) is 19.1. The molecule has 1 aliphatic heterocycles. The maximum Gasteiger partial charge on any atom is 0.326 e. The van der Waals surface area contributed by atoms with Crippen molar-refractivity contribution in [1.29, 1.82) is 0 Å². The van der Waals surface area contributed by atoms with E-state index in [1.807, 2.05) is 13.8 Å². The Kier molecular flexibility index (Phi) is 10.1. The van der Waals surface area contributed by atoms with Gasteiger partial charge in [0.05, 0.1) is 12.5 Å². The van der Waals surface area contributed by atoms with Crippen molar-refractivity contribution in [3.63, 3.8) is 0 Å². The number of hydrogen-bond acceptors (Lipinski definition) is 7. The van der Waals surface area contributed by atoms with Crippen LogP contribution in [0, 0.1) is 5.92 Å². The Morgan fingerprint density at radius 2 is 1.77 bits per heavy atom. The van der Waals surface area contributed by atoms with Crippen LogP contribution in [0.3, 0.4) is 0 Å². The average Bonchev–Trinajstić information content (AvgIpc) is 3.13. The Morgan fingerprint density at radius 1 is 1.13 bits per heavy atom. The van der Waals surface area contributed by atoms with E-state index in [2.05, 4.69) is 23.3 Å². The molecule has 1 aliphatic rings. The number of carbonyl (C=O) groups excluding carboxylic acids is 3. The first-order valence-electron chi connectivity index (χ1n) is 9.70. The number of amides is 3. The van der Waals surface area contributed by atoms with Gasteiger partial charge < -0.3 is 31.5 Å². The fourth-order valence-corrected chi connectivity index (χ4v) is 3.46. The highest BCUT2D eigenvalue weighted by Gasteiger charge is 2.38. The van der Waals surface area contributed by atoms with E-state index in [0.717, 1.165) is 0 Å². The number of carbonyl (C=O) groups is 5. The largest absolute Gasteiger partial charge is 0.481 e. The number of carboxylic acids is 2. The number of hydrogen-bond donors (Lipinski definition) is 6. The minimum atomic E-state index is -1.33. The molecule has 1 fully saturated rings. The average molecular weight is 447 g/mol. The van der Waals surface area contributed by atoms with Gasteiger partial charge in [0.15, 0.2) is 0 Å². The lowest BCUT2D eigenvalue weighted by Gasteiger charge is -2.29. The number of likely N-dealkylation sites (tertiary alicyclic amines) is 1. The molecule has 0 aromatic rings. The van der Waals surface area contributed by atoms with Gasteiger partial charge in [-0.3, -0.25) is 19.2 Å². The Bertz CT molecular complexity index is 673. The molecule has 0 aromatic heterocycles. The number of thiol groups is 1. The van der Waals surface area contributed by atoms with Gasteiger partial charge in [0.2, 0.25) is 17.7 Å². The summed E-state index contributed by atoms with van der Waals surface area (Å²) in [6, 6.07) is -4.36. The van der Waals surface area contributed by atoms with Crippen LogP contribution in [0.15, 0.2) is 0 Å². The Morgan fingerprint density at radius 3 is 2.27 bits per heavy atom. The van der Waals surface area contributed by atoms with E-state index in [9.17, 15) is 29.1 Å². The van der Waals surface area contributed by atoms with Crippen molar-refractivity contribution in [3.05, 3.63) is 0 Å². The molecule has 0 aliphatic carbocycles. The minimum Gasteiger partial charge on any atom is -0.481 e. The highest BCUT2D eigenvalue weighted by molar-refractivity contribution is 7.80. The third-order valence-electron chi connectivity index (χ3n) is 4.69. The number of nitrogens with zero attached hydrogens (tertiary/aromatic N) is 1. The Balaban J connectivity index is 2.83. The minimum absolute atomic E-state index is 0.0477. The van der Waals surface area contributed by atoms with Crippen LogP contribution >= 0.6 is 12.6 Å². The van der Waals surface area contributed by atoms with Crippen LogP contribution in [0.1, 0.15) is 39.5 Å². The van der Waals surface area contributed by atoms with Crippen LogP contribution in [-0.2, 0) is 24.0 Å². The molecule has 1 heterocycles. The lowest BCUT2D eigenvalue weighted by molar-refractivity contribution is -0.145. The van der Waals surface area contributed by atoms with Crippen LogP contribution in [0.4, 0.5) is 0 Å². The fourth-order valence-electron chi connectivity index (χ4n) is 3.21. The van der Waals surface area contributed by atoms with E-state index >= 15 is 0 Å². The quantitative estimate of drug-likeness (QED) is 0.214. The number of nitrogens with one attached hydrogen (secondary N) is 2. The van der Waals surface area contributed by atoms with Gasteiger partial charge in [0, 0.05) is 12.3 Å². The van der Waals surface area contributed by atoms with Crippen molar-refractivity contribution in [2.75, 3.05) is 12.3 Å². The summed E-state index contributed by atoms with van der Waals surface area (Å²) < 4.78 is 0. The summed E-state index contributed by atoms with van der Waals surface area (Å²) in [7, 11) is 0. The third-order valence-corrected chi connectivity index (χ3v) is 5.05. The maximum atomic E-state index is 12.9. The lowest BCUT2D eigenvalue weighted by Crippen LogP contribution is -2.57. The lowest BCUT2D eigenvalue weighted by atomic mass is 10.0. The van der Waals surface area contributed by atoms with Gasteiger partial charge in [-0.25, -0.2) is 4.79 Å². The molecule has 0 spiro atoms. The van der Waals surface area contributed by atoms with Gasteiger partial charge in [0.1, 0.15) is 18.1 Å². The molecular weight excluding hydrogens is 416 g/mol. The molecule has 0 saturated carbocycles. The van der Waals surface area contributed by atoms with Crippen molar-refractivity contribution in [3.8, 4) is 0 Å². The molecule has 4 atom stereocenters. The monoisotopic (exact) mass is 446 g/mol. The summed E-state index contributed by atoms with van der Waals surface area (Å²) in [5.41, 5.74) is 5.51. The van der Waals surface area contributed by atoms with Gasteiger partial charge in [-0.1, -0.05) is 13.8 Å². The summed E-state index contributed by atoms with van der Waals surface area (Å²) in [5.74, 6) is -4.38. The predicted octanol–water partition coefficient (Wildman–Crippen LogP) is -1.19. The molecule has 0 bridgehead atoms. The number of rotatable bonds is 11. The fraction of sp³-hybridized carbons (Fsp3) is 0.722. The predicted molar refractivity (Wildman–Crippen MR) is 110 cm³/mol. The summed E-state index contributed by atoms with van der Waals surface area (Å²) in [4.78, 5) is 61.0. The van der Waals surface area contributed by atoms with Gasteiger partial charge >= 0.3 is 11.9 Å². The molecule has 170 valence electrons. The topological polar surface area (TPSA) is 179 Å². The molecule has 0 radical (unpaired) electrons. The van der Waals surface area contributed by atoms with E-state index in [0.29, 0.717) is 12.8 Å². The van der Waals surface area contributed by atoms with Gasteiger partial charge in [-0.15, -0.1) is 0 Å². The molecule has 12 heteroatoms. The van der Waals surface area contributed by atoms with Crippen LogP contribution in [-0.4, -0.2) is 81.2 Å². The molecule has 30 heavy (non-hydrogen) atoms. The molecule has 6 N–H and O–H groups in total. The zero-order valence-corrected chi connectivity index (χ0v) is 17.9. The molecule has 3 amide bonds. The number of aliphatic carboxylic acids is 2. The van der Waals surface area contributed by atoms with Crippen molar-refractivity contribution in [2.24, 2.45) is 11.7 Å². The zero-order valence-electron chi connectivity index (χ0n) is 17.0. The standard InChI is InChI=1S/C18H30N4O7S/c1-9(2)6-11(18(28)29)20-16(26)13-4-3-5-22(13)17(27)12(8-30)21-15(25)10(19)7-14(23)24/h9-13,30H,3-8,19H2,1-2H3,(H,20,26)(H,21,25)(H,23,24)(H,28,29). The summed E-state index contributed by atoms with van der Waals surface area (Å²) in [6.45, 7) is 3.94. The van der Waals surface area contributed by atoms with Crippen LogP contribution < -0.4 is 16.4 Å². The molecule has 4 unspecified atom stereocenters. The van der Waals surface area contributed by atoms with Gasteiger partial charge in [-0.2, -0.15) is 12.6 Å². The highest BCUT2D eigenvalue weighted by atomic mass is 32.1. The SMILES string of the molecule is CC(C)CC(NC(=O)C1CCCN1C(=O)C(CS)NC(=O)C(N)CC(=O)O)C(=O)O. The molecular formula is C18H30N4O7S. The Labute approximate surface area is 180 Å². The molecule has 11 nitrogen and oxygen atoms in total. The van der Waals surface area contributed by atoms with Gasteiger partial charge in [0.25, 0.3) is 0 Å². The smallest absolute Gasteiger partial charge is 0.326 e. The van der Waals surface area contributed by atoms with Crippen molar-refractivity contribution in [1.82, 2.24) is 15.5 Å². The zero-order chi connectivity index (χ0) is 23.0. The van der Waals surface area contributed by atoms with Crippen molar-refractivity contribution >= 4 is 42.3 Å². The van der Waals surface area contributed by atoms with E-state index in [-0.39, 0.29) is 24.6 Å². The highest BCUT2D eigenvalue weighted by Crippen LogP contribution is 2.19.